The fourth-order valence-corrected chi connectivity index (χ4v) is 1.10. The van der Waals surface area contributed by atoms with Crippen LogP contribution >= 0.6 is 0 Å². The normalized spacial score (nSPS) is 14.8. The number of rotatable bonds is 1. The number of aliphatic imine (C=N–C) groups is 2. The van der Waals surface area contributed by atoms with Crippen molar-refractivity contribution < 1.29 is 4.79 Å². The van der Waals surface area contributed by atoms with Gasteiger partial charge in [0.1, 0.15) is 0 Å². The second-order valence-corrected chi connectivity index (χ2v) is 2.66. The van der Waals surface area contributed by atoms with Crippen LogP contribution in [-0.4, -0.2) is 18.0 Å². The Morgan fingerprint density at radius 3 is 2.77 bits per heavy atom. The van der Waals surface area contributed by atoms with Gasteiger partial charge in [-0.3, -0.25) is 4.79 Å². The number of carbonyl (C=O) groups excluding carboxylic acids is 1. The first-order chi connectivity index (χ1) is 6.25. The third kappa shape index (κ3) is 1.46. The molecule has 4 heteroatoms. The van der Waals surface area contributed by atoms with Crippen LogP contribution in [0.5, 0.6) is 0 Å². The molecule has 0 aliphatic carbocycles. The summed E-state index contributed by atoms with van der Waals surface area (Å²) in [6.07, 6.45) is 1.19. The first-order valence-corrected chi connectivity index (χ1v) is 3.78. The van der Waals surface area contributed by atoms with Gasteiger partial charge in [0.2, 0.25) is 0 Å². The Labute approximate surface area is 74.8 Å². The average molecular weight is 173 g/mol. The Morgan fingerprint density at radius 2 is 2.15 bits per heavy atom. The van der Waals surface area contributed by atoms with E-state index in [1.54, 1.807) is 18.2 Å². The van der Waals surface area contributed by atoms with Crippen LogP contribution in [-0.2, 0) is 4.79 Å². The first-order valence-electron chi connectivity index (χ1n) is 3.78. The molecule has 0 unspecified atom stereocenters. The highest BCUT2D eigenvalue weighted by molar-refractivity contribution is 6.36. The Balaban J connectivity index is 2.42. The van der Waals surface area contributed by atoms with E-state index in [1.807, 2.05) is 6.07 Å². The summed E-state index contributed by atoms with van der Waals surface area (Å²) < 4.78 is 0. The van der Waals surface area contributed by atoms with Crippen molar-refractivity contribution in [2.45, 2.75) is 0 Å². The zero-order valence-corrected chi connectivity index (χ0v) is 6.77. The van der Waals surface area contributed by atoms with E-state index in [0.717, 1.165) is 5.56 Å². The number of hydrogen-bond donors (Lipinski definition) is 1. The number of nitrogens with two attached hydrogens (primary N) is 1. The van der Waals surface area contributed by atoms with E-state index in [9.17, 15) is 4.79 Å². The van der Waals surface area contributed by atoms with E-state index in [4.69, 9.17) is 5.73 Å². The monoisotopic (exact) mass is 173 g/mol. The number of carbonyl (C=O) groups is 1. The quantitative estimate of drug-likeness (QED) is 0.633. The molecule has 1 aliphatic rings. The molecule has 4 nitrogen and oxygen atoms in total. The predicted molar refractivity (Wildman–Crippen MR) is 50.9 cm³/mol. The molecule has 0 atom stereocenters. The van der Waals surface area contributed by atoms with Gasteiger partial charge in [0.25, 0.3) is 5.91 Å². The van der Waals surface area contributed by atoms with Crippen molar-refractivity contribution in [3.8, 4) is 0 Å². The molecule has 0 saturated carbocycles. The molecular formula is C9H7N3O. The fourth-order valence-electron chi connectivity index (χ4n) is 1.10. The standard InChI is InChI=1S/C9H7N3O/c10-7-3-1-2-6(4-7)9-11-5-8(13)12-9/h1-5H,10H2. The van der Waals surface area contributed by atoms with Gasteiger partial charge in [-0.25, -0.2) is 4.99 Å². The SMILES string of the molecule is Nc1cccc(C2=NC(=O)C=N2)c1. The van der Waals surface area contributed by atoms with E-state index < -0.39 is 0 Å². The maximum Gasteiger partial charge on any atom is 0.290 e. The van der Waals surface area contributed by atoms with Crippen LogP contribution in [0.1, 0.15) is 5.56 Å². The summed E-state index contributed by atoms with van der Waals surface area (Å²) in [4.78, 5) is 18.3. The molecule has 0 fully saturated rings. The Hall–Kier alpha value is -1.97. The van der Waals surface area contributed by atoms with Crippen LogP contribution in [0, 0.1) is 0 Å². The lowest BCUT2D eigenvalue weighted by atomic mass is 10.2. The molecule has 2 rings (SSSR count). The van der Waals surface area contributed by atoms with Gasteiger partial charge < -0.3 is 5.73 Å². The van der Waals surface area contributed by atoms with Crippen LogP contribution in [0.3, 0.4) is 0 Å². The van der Waals surface area contributed by atoms with Gasteiger partial charge in [-0.15, -0.1) is 0 Å². The summed E-state index contributed by atoms with van der Waals surface area (Å²) in [5.41, 5.74) is 6.97. The second-order valence-electron chi connectivity index (χ2n) is 2.66. The zero-order valence-electron chi connectivity index (χ0n) is 6.77. The lowest BCUT2D eigenvalue weighted by Gasteiger charge is -1.97. The third-order valence-electron chi connectivity index (χ3n) is 1.66. The number of amidine groups is 1. The summed E-state index contributed by atoms with van der Waals surface area (Å²) in [6, 6.07) is 7.11. The Morgan fingerprint density at radius 1 is 1.31 bits per heavy atom. The number of amides is 1. The van der Waals surface area contributed by atoms with Crippen LogP contribution in [0.4, 0.5) is 5.69 Å². The van der Waals surface area contributed by atoms with Crippen LogP contribution in [0.25, 0.3) is 0 Å². The second kappa shape index (κ2) is 2.82. The van der Waals surface area contributed by atoms with Crippen molar-refractivity contribution in [2.75, 3.05) is 5.73 Å². The largest absolute Gasteiger partial charge is 0.399 e. The minimum absolute atomic E-state index is 0.322. The van der Waals surface area contributed by atoms with Gasteiger partial charge in [-0.1, -0.05) is 12.1 Å². The molecule has 1 aromatic rings. The lowest BCUT2D eigenvalue weighted by molar-refractivity contribution is -0.111. The maximum absolute atomic E-state index is 10.7. The van der Waals surface area contributed by atoms with Gasteiger partial charge in [0.05, 0.1) is 6.21 Å². The molecular weight excluding hydrogens is 166 g/mol. The van der Waals surface area contributed by atoms with Crippen LogP contribution in [0.2, 0.25) is 0 Å². The van der Waals surface area contributed by atoms with Gasteiger partial charge in [0.15, 0.2) is 5.84 Å². The molecule has 0 aromatic heterocycles. The fraction of sp³-hybridized carbons (Fsp3) is 0. The van der Waals surface area contributed by atoms with Crippen molar-refractivity contribution in [3.63, 3.8) is 0 Å². The van der Waals surface area contributed by atoms with Crippen molar-refractivity contribution in [3.05, 3.63) is 29.8 Å². The number of nitrogens with zero attached hydrogens (tertiary/aromatic N) is 2. The Bertz CT molecular complexity index is 421. The zero-order chi connectivity index (χ0) is 9.26. The molecule has 0 saturated heterocycles. The van der Waals surface area contributed by atoms with Gasteiger partial charge in [0, 0.05) is 11.3 Å². The van der Waals surface area contributed by atoms with Crippen molar-refractivity contribution in [2.24, 2.45) is 9.98 Å². The smallest absolute Gasteiger partial charge is 0.290 e. The molecule has 1 aromatic carbocycles. The van der Waals surface area contributed by atoms with Gasteiger partial charge >= 0.3 is 0 Å². The highest BCUT2D eigenvalue weighted by Gasteiger charge is 2.09. The summed E-state index contributed by atoms with van der Waals surface area (Å²) >= 11 is 0. The van der Waals surface area contributed by atoms with Crippen LogP contribution in [0.15, 0.2) is 34.3 Å². The topological polar surface area (TPSA) is 67.8 Å². The summed E-state index contributed by atoms with van der Waals surface area (Å²) in [6.45, 7) is 0. The minimum atomic E-state index is -0.322. The predicted octanol–water partition coefficient (Wildman–Crippen LogP) is 0.626. The summed E-state index contributed by atoms with van der Waals surface area (Å²) in [7, 11) is 0. The molecule has 1 heterocycles. The maximum atomic E-state index is 10.7. The van der Waals surface area contributed by atoms with E-state index >= 15 is 0 Å². The highest BCUT2D eigenvalue weighted by Crippen LogP contribution is 2.10. The molecule has 13 heavy (non-hydrogen) atoms. The molecule has 0 radical (unpaired) electrons. The van der Waals surface area contributed by atoms with Gasteiger partial charge in [-0.05, 0) is 12.1 Å². The molecule has 0 spiro atoms. The van der Waals surface area contributed by atoms with Crippen LogP contribution < -0.4 is 5.73 Å². The van der Waals surface area contributed by atoms with Gasteiger partial charge in [-0.2, -0.15) is 4.99 Å². The van der Waals surface area contributed by atoms with Crippen molar-refractivity contribution >= 4 is 23.6 Å². The van der Waals surface area contributed by atoms with E-state index in [2.05, 4.69) is 9.98 Å². The number of hydrogen-bond acceptors (Lipinski definition) is 3. The van der Waals surface area contributed by atoms with Crippen molar-refractivity contribution in [1.29, 1.82) is 0 Å². The third-order valence-corrected chi connectivity index (χ3v) is 1.66. The lowest BCUT2D eigenvalue weighted by Crippen LogP contribution is -1.95. The Kier molecular flexibility index (Phi) is 1.66. The minimum Gasteiger partial charge on any atom is -0.399 e. The van der Waals surface area contributed by atoms with Crippen molar-refractivity contribution in [1.82, 2.24) is 0 Å². The molecule has 1 amide bonds. The van der Waals surface area contributed by atoms with E-state index in [-0.39, 0.29) is 5.91 Å². The first kappa shape index (κ1) is 7.67. The van der Waals surface area contributed by atoms with E-state index in [0.29, 0.717) is 11.5 Å². The summed E-state index contributed by atoms with van der Waals surface area (Å²) in [5, 5.41) is 0. The highest BCUT2D eigenvalue weighted by atomic mass is 16.1. The molecule has 2 N–H and O–H groups in total. The molecule has 1 aliphatic heterocycles. The summed E-state index contributed by atoms with van der Waals surface area (Å²) in [5.74, 6) is 0.106. The number of nitrogen functional groups attached to an aromatic ring is 1. The number of anilines is 1. The van der Waals surface area contributed by atoms with E-state index in [1.165, 1.54) is 6.21 Å². The average Bonchev–Trinajstić information content (AvgIpc) is 2.52. The molecule has 0 bridgehead atoms. The molecule has 64 valence electrons. The number of benzene rings is 1.